The summed E-state index contributed by atoms with van der Waals surface area (Å²) in [6.45, 7) is 15.2. The van der Waals surface area contributed by atoms with Gasteiger partial charge in [0.25, 0.3) is 5.91 Å². The first kappa shape index (κ1) is 45.9. The number of benzene rings is 1. The highest BCUT2D eigenvalue weighted by molar-refractivity contribution is 7.10. The molecule has 17 heteroatoms. The molecule has 64 heavy (non-hydrogen) atoms. The Hall–Kier alpha value is -4.68. The van der Waals surface area contributed by atoms with Gasteiger partial charge in [-0.15, -0.1) is 11.3 Å². The number of nitrogens with zero attached hydrogens (tertiary/aromatic N) is 7. The number of methoxy groups -OCH3 is 1. The molecule has 8 rings (SSSR count). The van der Waals surface area contributed by atoms with Gasteiger partial charge in [0.15, 0.2) is 9.68 Å². The topological polar surface area (TPSA) is 154 Å². The minimum absolute atomic E-state index is 0.104. The third-order valence-corrected chi connectivity index (χ3v) is 15.6. The van der Waals surface area contributed by atoms with E-state index in [-0.39, 0.29) is 64.7 Å². The second-order valence-electron chi connectivity index (χ2n) is 19.2. The summed E-state index contributed by atoms with van der Waals surface area (Å²) in [6.07, 6.45) is 4.41. The van der Waals surface area contributed by atoms with Crippen molar-refractivity contribution in [1.82, 2.24) is 44.7 Å². The van der Waals surface area contributed by atoms with Gasteiger partial charge in [0.2, 0.25) is 5.91 Å². The summed E-state index contributed by atoms with van der Waals surface area (Å²) >= 11 is 1.45. The normalized spacial score (nSPS) is 23.8. The van der Waals surface area contributed by atoms with E-state index in [2.05, 4.69) is 72.0 Å². The molecule has 1 aromatic carbocycles. The molecule has 4 aromatic rings. The number of piperazine rings is 1. The summed E-state index contributed by atoms with van der Waals surface area (Å²) in [7, 11) is 5.36. The Morgan fingerprint density at radius 1 is 1.16 bits per heavy atom. The van der Waals surface area contributed by atoms with E-state index in [1.165, 1.54) is 11.3 Å². The lowest BCUT2D eigenvalue weighted by atomic mass is 9.84. The highest BCUT2D eigenvalue weighted by Crippen LogP contribution is 2.42. The number of esters is 1. The average molecular weight is 910 g/mol. The van der Waals surface area contributed by atoms with Crippen molar-refractivity contribution >= 4 is 55.7 Å². The number of cyclic esters (lactones) is 1. The monoisotopic (exact) mass is 909 g/mol. The Morgan fingerprint density at radius 2 is 1.92 bits per heavy atom. The predicted octanol–water partition coefficient (Wildman–Crippen LogP) is 5.71. The standard InChI is InChI=1S/C47H63N9O6SSi/c1-10-54-37-16-15-29-19-33(37)34(42(54)32-13-11-17-48-40(32)28(4)61-9)22-47(5,6)26-62-45(59)38-14-12-18-55(51-64-38)44(58)35(21-39-49-36(29)25-63-39)50-43(57)41(27(2)3)53(8)46(60)56-30-20-31(56)24-52(7)23-30/h11,13,15-17,19,25,27-28,30-31,35,38,41,51H,10,12,14,18,20-24,26H2,1-9H3,(H,50,57)/t28-,30?,31?,35-,38-,41-/m0/s1. The van der Waals surface area contributed by atoms with E-state index in [0.29, 0.717) is 37.4 Å². The number of likely N-dealkylation sites (N-methyl/N-ethyl adjacent to an activating group) is 2. The Kier molecular flexibility index (Phi) is 13.4. The maximum Gasteiger partial charge on any atom is 0.321 e. The van der Waals surface area contributed by atoms with Crippen molar-refractivity contribution in [1.29, 1.82) is 0 Å². The van der Waals surface area contributed by atoms with Gasteiger partial charge in [-0.3, -0.25) is 29.5 Å². The molecule has 4 aliphatic rings. The number of rotatable bonds is 8. The highest BCUT2D eigenvalue weighted by Gasteiger charge is 2.49. The van der Waals surface area contributed by atoms with Crippen molar-refractivity contribution < 1.29 is 28.7 Å². The summed E-state index contributed by atoms with van der Waals surface area (Å²) in [6, 6.07) is 8.79. The van der Waals surface area contributed by atoms with Crippen LogP contribution in [0.3, 0.4) is 0 Å². The largest absolute Gasteiger partial charge is 0.465 e. The number of amides is 4. The maximum atomic E-state index is 14.6. The number of hydrogen-bond donors (Lipinski definition) is 2. The van der Waals surface area contributed by atoms with Crippen LogP contribution in [0, 0.1) is 11.3 Å². The first-order valence-corrected chi connectivity index (χ1v) is 24.7. The third kappa shape index (κ3) is 8.98. The number of thiazole rings is 1. The number of hydrazine groups is 1. The number of piperidine rings is 1. The van der Waals surface area contributed by atoms with Crippen LogP contribution in [0.2, 0.25) is 5.54 Å². The number of urea groups is 1. The van der Waals surface area contributed by atoms with Crippen molar-refractivity contribution in [2.75, 3.05) is 47.4 Å². The van der Waals surface area contributed by atoms with Gasteiger partial charge in [0.1, 0.15) is 12.1 Å². The molecular weight excluding hydrogens is 847 g/mol. The molecule has 2 N–H and O–H groups in total. The van der Waals surface area contributed by atoms with Crippen LogP contribution < -0.4 is 10.4 Å². The zero-order chi connectivity index (χ0) is 45.6. The second kappa shape index (κ2) is 18.7. The number of pyridine rings is 1. The van der Waals surface area contributed by atoms with Gasteiger partial charge in [0, 0.05) is 97.9 Å². The summed E-state index contributed by atoms with van der Waals surface area (Å²) in [5, 5.41) is 11.7. The molecule has 0 saturated carbocycles. The zero-order valence-corrected chi connectivity index (χ0v) is 40.5. The molecule has 2 unspecified atom stereocenters. The number of carbonyl (C=O) groups excluding carboxylic acids is 4. The summed E-state index contributed by atoms with van der Waals surface area (Å²) in [5.41, 5.74) is 5.89. The number of hydrogen-bond acceptors (Lipinski definition) is 11. The van der Waals surface area contributed by atoms with E-state index in [4.69, 9.17) is 19.4 Å². The Bertz CT molecular complexity index is 2390. The van der Waals surface area contributed by atoms with Crippen molar-refractivity contribution in [3.63, 3.8) is 0 Å². The van der Waals surface area contributed by atoms with Crippen molar-refractivity contribution in [2.45, 2.75) is 116 Å². The number of likely N-dealkylation sites (tertiary alicyclic amines) is 2. The molecule has 3 fully saturated rings. The molecule has 15 nitrogen and oxygen atoms in total. The number of nitrogens with one attached hydrogen (secondary N) is 2. The summed E-state index contributed by atoms with van der Waals surface area (Å²) < 4.78 is 14.3. The minimum Gasteiger partial charge on any atom is -0.465 e. The molecule has 7 heterocycles. The van der Waals surface area contributed by atoms with E-state index in [1.54, 1.807) is 30.3 Å². The van der Waals surface area contributed by atoms with Crippen LogP contribution in [-0.2, 0) is 43.2 Å². The smallest absolute Gasteiger partial charge is 0.321 e. The van der Waals surface area contributed by atoms with Crippen LogP contribution in [0.25, 0.3) is 33.4 Å². The third-order valence-electron chi connectivity index (χ3n) is 13.4. The van der Waals surface area contributed by atoms with Crippen molar-refractivity contribution in [2.24, 2.45) is 11.3 Å². The Labute approximate surface area is 383 Å². The number of fused-ring (bicyclic) bond motifs is 9. The molecule has 4 aliphatic heterocycles. The SMILES string of the molecule is CCn1c(-c2cccnc2[C@H](C)OC)c2c3cc(ccc31)-c1csc(n1)C[C@H](NC(=O)[C@H](C(C)C)N(C)C(=O)N1C3CC1CN(C)C3)C(=O)N1CCC[C@H]([Si]N1)C(=O)OCC(C)(C)C2. The maximum absolute atomic E-state index is 14.6. The number of aromatic nitrogens is 3. The lowest BCUT2D eigenvalue weighted by molar-refractivity contribution is -0.146. The predicted molar refractivity (Wildman–Crippen MR) is 248 cm³/mol. The molecule has 3 saturated heterocycles. The fourth-order valence-corrected chi connectivity index (χ4v) is 12.1. The van der Waals surface area contributed by atoms with Gasteiger partial charge in [-0.2, -0.15) is 0 Å². The van der Waals surface area contributed by atoms with Gasteiger partial charge in [-0.1, -0.05) is 33.8 Å². The molecule has 3 aromatic heterocycles. The summed E-state index contributed by atoms with van der Waals surface area (Å²) in [5.74, 6) is -1.24. The van der Waals surface area contributed by atoms with E-state index in [9.17, 15) is 19.2 Å². The zero-order valence-electron chi connectivity index (χ0n) is 38.6. The molecule has 8 bridgehead atoms. The molecule has 6 atom stereocenters. The van der Waals surface area contributed by atoms with Gasteiger partial charge in [-0.05, 0) is 82.3 Å². The lowest BCUT2D eigenvalue weighted by Crippen LogP contribution is -2.72. The number of carbonyl (C=O) groups is 4. The minimum atomic E-state index is -0.990. The van der Waals surface area contributed by atoms with Crippen LogP contribution in [0.4, 0.5) is 4.79 Å². The lowest BCUT2D eigenvalue weighted by Gasteiger charge is -2.56. The van der Waals surface area contributed by atoms with Crippen molar-refractivity contribution in [3.8, 4) is 22.5 Å². The molecule has 0 aliphatic carbocycles. The van der Waals surface area contributed by atoms with Crippen LogP contribution >= 0.6 is 11.3 Å². The van der Waals surface area contributed by atoms with Gasteiger partial charge in [-0.25, -0.2) is 9.78 Å². The highest BCUT2D eigenvalue weighted by atomic mass is 32.1. The Balaban J connectivity index is 1.17. The van der Waals surface area contributed by atoms with Crippen molar-refractivity contribution in [3.05, 3.63) is 58.2 Å². The van der Waals surface area contributed by atoms with E-state index in [1.807, 2.05) is 37.1 Å². The molecule has 2 radical (unpaired) electrons. The number of ether oxygens (including phenoxy) is 2. The molecular formula is C47H63N9O6SSi. The fraction of sp³-hybridized carbons (Fsp3) is 0.574. The van der Waals surface area contributed by atoms with E-state index < -0.39 is 28.9 Å². The molecule has 4 amide bonds. The van der Waals surface area contributed by atoms with Crippen LogP contribution in [0.1, 0.15) is 83.2 Å². The van der Waals surface area contributed by atoms with Gasteiger partial charge >= 0.3 is 12.0 Å². The van der Waals surface area contributed by atoms with Crippen LogP contribution in [0.15, 0.2) is 41.9 Å². The van der Waals surface area contributed by atoms with Gasteiger partial charge < -0.3 is 34.1 Å². The quantitative estimate of drug-likeness (QED) is 0.166. The van der Waals surface area contributed by atoms with Gasteiger partial charge in [0.05, 0.1) is 40.3 Å². The first-order valence-electron chi connectivity index (χ1n) is 22.7. The van der Waals surface area contributed by atoms with Crippen LogP contribution in [-0.4, -0.2) is 139 Å². The first-order chi connectivity index (χ1) is 30.6. The molecule has 0 spiro atoms. The number of aryl methyl sites for hydroxylation is 1. The second-order valence-corrected chi connectivity index (χ2v) is 21.3. The van der Waals surface area contributed by atoms with Crippen LogP contribution in [0.5, 0.6) is 0 Å². The molecule has 342 valence electrons. The average Bonchev–Trinajstić information content (AvgIpc) is 3.75. The van der Waals surface area contributed by atoms with E-state index >= 15 is 0 Å². The summed E-state index contributed by atoms with van der Waals surface area (Å²) in [4.78, 5) is 72.6. The van der Waals surface area contributed by atoms with E-state index in [0.717, 1.165) is 64.2 Å². The Morgan fingerprint density at radius 3 is 2.64 bits per heavy atom. The fourth-order valence-electron chi connectivity index (χ4n) is 10.1.